The van der Waals surface area contributed by atoms with Crippen LogP contribution in [0.15, 0.2) is 33.3 Å². The molecule has 2 fully saturated rings. The van der Waals surface area contributed by atoms with Gasteiger partial charge in [-0.1, -0.05) is 27.5 Å². The zero-order valence-electron chi connectivity index (χ0n) is 22.5. The second-order valence-corrected chi connectivity index (χ2v) is 14.6. The van der Waals surface area contributed by atoms with E-state index in [1.165, 1.54) is 22.4 Å². The first kappa shape index (κ1) is 30.9. The lowest BCUT2D eigenvalue weighted by Gasteiger charge is -2.34. The Hall–Kier alpha value is -1.04. The third-order valence-electron chi connectivity index (χ3n) is 7.69. The van der Waals surface area contributed by atoms with E-state index in [4.69, 9.17) is 15.8 Å². The van der Waals surface area contributed by atoms with E-state index in [1.807, 2.05) is 17.2 Å². The van der Waals surface area contributed by atoms with Crippen LogP contribution in [0.1, 0.15) is 54.5 Å². The van der Waals surface area contributed by atoms with E-state index < -0.39 is 10.1 Å². The van der Waals surface area contributed by atoms with Crippen LogP contribution in [0.5, 0.6) is 0 Å². The summed E-state index contributed by atoms with van der Waals surface area (Å²) in [4.78, 5) is 21.0. The number of benzene rings is 1. The molecule has 1 aliphatic carbocycles. The van der Waals surface area contributed by atoms with Gasteiger partial charge in [0.15, 0.2) is 0 Å². The molecule has 0 N–H and O–H groups in total. The molecule has 0 unspecified atom stereocenters. The monoisotopic (exact) mass is 703 g/mol. The lowest BCUT2D eigenvalue weighted by molar-refractivity contribution is -0.134. The maximum absolute atomic E-state index is 12.3. The molecule has 3 heterocycles. The van der Waals surface area contributed by atoms with Crippen LogP contribution in [0.2, 0.25) is 5.02 Å². The number of carbonyl (C=O) groups is 1. The lowest BCUT2D eigenvalue weighted by Crippen LogP contribution is -2.42. The average Bonchev–Trinajstić information content (AvgIpc) is 3.05. The SMILES string of the molecule is CN1CCC(CC(=O)N2CCC(OS(C)(=O)=O)CC2)CC1.Clc1cc(Br)c2c(c1)CCc1cc(Br)cnc1C2. The molecule has 3 aliphatic rings. The van der Waals surface area contributed by atoms with Crippen molar-refractivity contribution in [3.05, 3.63) is 60.7 Å². The molecule has 1 amide bonds. The first-order valence-corrected chi connectivity index (χ1v) is 17.2. The molecule has 2 saturated heterocycles. The van der Waals surface area contributed by atoms with E-state index in [9.17, 15) is 13.2 Å². The topological polar surface area (TPSA) is 79.8 Å². The second kappa shape index (κ2) is 13.7. The summed E-state index contributed by atoms with van der Waals surface area (Å²) in [6.45, 7) is 3.35. The molecular formula is C28H36Br2ClN3O4S. The first-order valence-electron chi connectivity index (χ1n) is 13.4. The Morgan fingerprint density at radius 3 is 2.38 bits per heavy atom. The van der Waals surface area contributed by atoms with Crippen LogP contribution < -0.4 is 0 Å². The standard InChI is InChI=1S/C14H10Br2ClN.C14H26N2O4S/c15-10-3-9-2-1-8-4-11(17)5-13(16)12(8)6-14(9)18-7-10;1-15-7-3-12(4-8-15)11-14(17)16-9-5-13(6-10-16)20-21(2,18)19/h3-5,7H,1-2,6H2;12-13H,3-11H2,1-2H3. The van der Waals surface area contributed by atoms with Gasteiger partial charge >= 0.3 is 0 Å². The van der Waals surface area contributed by atoms with Gasteiger partial charge < -0.3 is 9.80 Å². The van der Waals surface area contributed by atoms with Crippen molar-refractivity contribution in [1.82, 2.24) is 14.8 Å². The molecule has 2 aliphatic heterocycles. The number of likely N-dealkylation sites (tertiary alicyclic amines) is 2. The highest BCUT2D eigenvalue weighted by Gasteiger charge is 2.28. The summed E-state index contributed by atoms with van der Waals surface area (Å²) in [6.07, 6.45) is 9.59. The van der Waals surface area contributed by atoms with Crippen LogP contribution >= 0.6 is 43.5 Å². The number of aromatic nitrogens is 1. The van der Waals surface area contributed by atoms with E-state index >= 15 is 0 Å². The summed E-state index contributed by atoms with van der Waals surface area (Å²) >= 11 is 13.2. The number of piperidine rings is 2. The molecule has 0 saturated carbocycles. The number of fused-ring (bicyclic) bond motifs is 2. The van der Waals surface area contributed by atoms with Crippen molar-refractivity contribution < 1.29 is 17.4 Å². The number of amides is 1. The molecule has 11 heteroatoms. The lowest BCUT2D eigenvalue weighted by atomic mass is 9.93. The van der Waals surface area contributed by atoms with Gasteiger partial charge in [-0.15, -0.1) is 0 Å². The number of halogens is 3. The number of aryl methyl sites for hydroxylation is 2. The molecule has 0 bridgehead atoms. The van der Waals surface area contributed by atoms with Crippen molar-refractivity contribution in [3.8, 4) is 0 Å². The molecule has 0 atom stereocenters. The number of nitrogens with zero attached hydrogens (tertiary/aromatic N) is 3. The number of carbonyl (C=O) groups excluding carboxylic acids is 1. The molecule has 7 nitrogen and oxygen atoms in total. The Labute approximate surface area is 254 Å². The first-order chi connectivity index (χ1) is 18.5. The van der Waals surface area contributed by atoms with Crippen molar-refractivity contribution in [2.75, 3.05) is 39.5 Å². The van der Waals surface area contributed by atoms with E-state index in [-0.39, 0.29) is 12.0 Å². The highest BCUT2D eigenvalue weighted by molar-refractivity contribution is 9.10. The summed E-state index contributed by atoms with van der Waals surface area (Å²) in [7, 11) is -1.28. The number of hydrogen-bond donors (Lipinski definition) is 0. The van der Waals surface area contributed by atoms with Gasteiger partial charge in [-0.2, -0.15) is 8.42 Å². The van der Waals surface area contributed by atoms with Crippen molar-refractivity contribution in [3.63, 3.8) is 0 Å². The fourth-order valence-corrected chi connectivity index (χ4v) is 7.57. The molecule has 0 spiro atoms. The summed E-state index contributed by atoms with van der Waals surface area (Å²) in [5.41, 5.74) is 5.13. The average molecular weight is 706 g/mol. The maximum Gasteiger partial charge on any atom is 0.264 e. The van der Waals surface area contributed by atoms with Crippen molar-refractivity contribution >= 4 is 59.5 Å². The summed E-state index contributed by atoms with van der Waals surface area (Å²) in [5, 5.41) is 0.792. The van der Waals surface area contributed by atoms with Gasteiger partial charge in [-0.3, -0.25) is 14.0 Å². The Bertz CT molecular complexity index is 1280. The summed E-state index contributed by atoms with van der Waals surface area (Å²) < 4.78 is 29.3. The molecular weight excluding hydrogens is 670 g/mol. The van der Waals surface area contributed by atoms with Crippen LogP contribution in [0, 0.1) is 5.92 Å². The Balaban J connectivity index is 0.000000183. The van der Waals surface area contributed by atoms with Crippen LogP contribution in [-0.2, 0) is 38.4 Å². The normalized spacial score (nSPS) is 18.9. The van der Waals surface area contributed by atoms with Gasteiger partial charge in [0.05, 0.1) is 12.4 Å². The number of pyridine rings is 1. The van der Waals surface area contributed by atoms with Gasteiger partial charge in [0.2, 0.25) is 5.91 Å². The van der Waals surface area contributed by atoms with Gasteiger partial charge in [-0.05, 0) is 115 Å². The number of rotatable bonds is 4. The smallest absolute Gasteiger partial charge is 0.264 e. The predicted octanol–water partition coefficient (Wildman–Crippen LogP) is 5.63. The molecule has 5 rings (SSSR count). The van der Waals surface area contributed by atoms with Gasteiger partial charge in [0.1, 0.15) is 0 Å². The fourth-order valence-electron chi connectivity index (χ4n) is 5.49. The Morgan fingerprint density at radius 1 is 1.05 bits per heavy atom. The molecule has 0 radical (unpaired) electrons. The highest BCUT2D eigenvalue weighted by atomic mass is 79.9. The maximum atomic E-state index is 12.3. The molecule has 1 aromatic carbocycles. The number of hydrogen-bond acceptors (Lipinski definition) is 6. The predicted molar refractivity (Wildman–Crippen MR) is 162 cm³/mol. The fraction of sp³-hybridized carbons (Fsp3) is 0.571. The van der Waals surface area contributed by atoms with Crippen LogP contribution in [0.25, 0.3) is 0 Å². The zero-order valence-corrected chi connectivity index (χ0v) is 27.2. The van der Waals surface area contributed by atoms with E-state index in [0.29, 0.717) is 38.3 Å². The minimum absolute atomic E-state index is 0.211. The highest BCUT2D eigenvalue weighted by Crippen LogP contribution is 2.32. The third-order valence-corrected chi connectivity index (χ3v) is 9.68. The summed E-state index contributed by atoms with van der Waals surface area (Å²) in [6, 6.07) is 6.20. The van der Waals surface area contributed by atoms with Gasteiger partial charge in [0, 0.05) is 51.8 Å². The van der Waals surface area contributed by atoms with Gasteiger partial charge in [0.25, 0.3) is 10.1 Å². The second-order valence-electron chi connectivity index (χ2n) is 10.8. The zero-order chi connectivity index (χ0) is 28.2. The third kappa shape index (κ3) is 9.23. The van der Waals surface area contributed by atoms with E-state index in [0.717, 1.165) is 65.4 Å². The molecule has 39 heavy (non-hydrogen) atoms. The quantitative estimate of drug-likeness (QED) is 0.384. The molecule has 2 aromatic rings. The minimum atomic E-state index is -3.40. The van der Waals surface area contributed by atoms with E-state index in [2.05, 4.69) is 60.9 Å². The van der Waals surface area contributed by atoms with Gasteiger partial charge in [-0.25, -0.2) is 0 Å². The Morgan fingerprint density at radius 2 is 1.72 bits per heavy atom. The van der Waals surface area contributed by atoms with Crippen LogP contribution in [0.4, 0.5) is 0 Å². The molecule has 214 valence electrons. The van der Waals surface area contributed by atoms with Crippen LogP contribution in [0.3, 0.4) is 0 Å². The minimum Gasteiger partial charge on any atom is -0.342 e. The van der Waals surface area contributed by atoms with Crippen molar-refractivity contribution in [1.29, 1.82) is 0 Å². The molecule has 1 aromatic heterocycles. The van der Waals surface area contributed by atoms with Crippen LogP contribution in [-0.4, -0.2) is 74.7 Å². The van der Waals surface area contributed by atoms with Crippen molar-refractivity contribution in [2.24, 2.45) is 5.92 Å². The van der Waals surface area contributed by atoms with Crippen molar-refractivity contribution in [2.45, 2.75) is 57.5 Å². The summed E-state index contributed by atoms with van der Waals surface area (Å²) in [5.74, 6) is 0.709. The largest absolute Gasteiger partial charge is 0.342 e. The Kier molecular flexibility index (Phi) is 10.9. The van der Waals surface area contributed by atoms with E-state index in [1.54, 1.807) is 0 Å².